The van der Waals surface area contributed by atoms with Crippen LogP contribution < -0.4 is 4.72 Å². The highest BCUT2D eigenvalue weighted by atomic mass is 79.9. The highest BCUT2D eigenvalue weighted by Crippen LogP contribution is 2.12. The first-order chi connectivity index (χ1) is 7.60. The number of hydrogen-bond donors (Lipinski definition) is 1. The molecule has 90 valence electrons. The van der Waals surface area contributed by atoms with Crippen LogP contribution in [0.5, 0.6) is 0 Å². The molecule has 0 aromatic heterocycles. The average molecular weight is 324 g/mol. The lowest BCUT2D eigenvalue weighted by atomic mass is 10.2. The maximum absolute atomic E-state index is 11.8. The van der Waals surface area contributed by atoms with Crippen molar-refractivity contribution in [1.29, 1.82) is 0 Å². The monoisotopic (exact) mass is 323 g/mol. The molecule has 0 fully saturated rings. The molecule has 1 N–H and O–H groups in total. The van der Waals surface area contributed by atoms with Crippen molar-refractivity contribution < 1.29 is 8.42 Å². The van der Waals surface area contributed by atoms with Gasteiger partial charge in [0.15, 0.2) is 0 Å². The van der Waals surface area contributed by atoms with Gasteiger partial charge in [-0.3, -0.25) is 0 Å². The van der Waals surface area contributed by atoms with Crippen LogP contribution in [0.15, 0.2) is 29.2 Å². The standard InChI is InChI=1S/C10H14BrNO2S2/c1-15-7-6-12-16(13,14)10-4-2-9(8-11)3-5-10/h2-5,12H,6-8H2,1H3. The molecular weight excluding hydrogens is 310 g/mol. The molecule has 0 atom stereocenters. The molecule has 0 aliphatic heterocycles. The second-order valence-electron chi connectivity index (χ2n) is 3.17. The van der Waals surface area contributed by atoms with Gasteiger partial charge in [0, 0.05) is 17.6 Å². The Kier molecular flexibility index (Phi) is 5.82. The zero-order valence-electron chi connectivity index (χ0n) is 8.94. The Balaban J connectivity index is 2.74. The third-order valence-corrected chi connectivity index (χ3v) is 4.72. The van der Waals surface area contributed by atoms with Crippen LogP contribution in [-0.2, 0) is 15.4 Å². The van der Waals surface area contributed by atoms with Gasteiger partial charge in [-0.1, -0.05) is 28.1 Å². The van der Waals surface area contributed by atoms with Gasteiger partial charge in [0.05, 0.1) is 4.90 Å². The molecule has 0 unspecified atom stereocenters. The lowest BCUT2D eigenvalue weighted by Gasteiger charge is -2.06. The van der Waals surface area contributed by atoms with E-state index in [1.54, 1.807) is 36.0 Å². The van der Waals surface area contributed by atoms with E-state index in [4.69, 9.17) is 0 Å². The Morgan fingerprint density at radius 1 is 1.31 bits per heavy atom. The fourth-order valence-corrected chi connectivity index (χ4v) is 2.96. The van der Waals surface area contributed by atoms with Crippen molar-refractivity contribution >= 4 is 37.7 Å². The second-order valence-corrected chi connectivity index (χ2v) is 6.48. The zero-order valence-corrected chi connectivity index (χ0v) is 12.2. The Morgan fingerprint density at radius 3 is 2.44 bits per heavy atom. The second kappa shape index (κ2) is 6.64. The van der Waals surface area contributed by atoms with Gasteiger partial charge in [0.2, 0.25) is 10.0 Å². The van der Waals surface area contributed by atoms with Crippen LogP contribution in [-0.4, -0.2) is 27.0 Å². The summed E-state index contributed by atoms with van der Waals surface area (Å²) < 4.78 is 26.1. The Morgan fingerprint density at radius 2 is 1.94 bits per heavy atom. The normalized spacial score (nSPS) is 11.6. The van der Waals surface area contributed by atoms with Crippen LogP contribution in [0.3, 0.4) is 0 Å². The first-order valence-electron chi connectivity index (χ1n) is 4.73. The van der Waals surface area contributed by atoms with E-state index in [1.165, 1.54) is 0 Å². The number of alkyl halides is 1. The van der Waals surface area contributed by atoms with Crippen LogP contribution >= 0.6 is 27.7 Å². The topological polar surface area (TPSA) is 46.2 Å². The number of thioether (sulfide) groups is 1. The quantitative estimate of drug-likeness (QED) is 0.645. The molecule has 16 heavy (non-hydrogen) atoms. The molecule has 0 bridgehead atoms. The summed E-state index contributed by atoms with van der Waals surface area (Å²) in [5.74, 6) is 0.777. The Hall–Kier alpha value is -0.0400. The molecule has 1 aromatic carbocycles. The van der Waals surface area contributed by atoms with Gasteiger partial charge < -0.3 is 0 Å². The van der Waals surface area contributed by atoms with Crippen LogP contribution in [0.25, 0.3) is 0 Å². The number of nitrogens with one attached hydrogen (secondary N) is 1. The smallest absolute Gasteiger partial charge is 0.210 e. The highest BCUT2D eigenvalue weighted by Gasteiger charge is 2.12. The van der Waals surface area contributed by atoms with Crippen molar-refractivity contribution in [3.05, 3.63) is 29.8 Å². The van der Waals surface area contributed by atoms with Crippen LogP contribution in [0.1, 0.15) is 5.56 Å². The molecular formula is C10H14BrNO2S2. The first kappa shape index (κ1) is 14.0. The third kappa shape index (κ3) is 4.08. The van der Waals surface area contributed by atoms with Crippen LogP contribution in [0.4, 0.5) is 0 Å². The Labute approximate surface area is 109 Å². The van der Waals surface area contributed by atoms with E-state index < -0.39 is 10.0 Å². The van der Waals surface area contributed by atoms with E-state index in [2.05, 4.69) is 20.7 Å². The van der Waals surface area contributed by atoms with E-state index in [0.29, 0.717) is 11.4 Å². The fraction of sp³-hybridized carbons (Fsp3) is 0.400. The summed E-state index contributed by atoms with van der Waals surface area (Å²) in [6, 6.07) is 6.85. The van der Waals surface area contributed by atoms with E-state index in [0.717, 1.165) is 16.6 Å². The predicted molar refractivity (Wildman–Crippen MR) is 72.6 cm³/mol. The van der Waals surface area contributed by atoms with E-state index >= 15 is 0 Å². The van der Waals surface area contributed by atoms with Gasteiger partial charge in [-0.05, 0) is 24.0 Å². The molecule has 0 spiro atoms. The molecule has 0 aliphatic carbocycles. The molecule has 0 saturated carbocycles. The van der Waals surface area contributed by atoms with Crippen molar-refractivity contribution in [1.82, 2.24) is 4.72 Å². The van der Waals surface area contributed by atoms with Crippen LogP contribution in [0, 0.1) is 0 Å². The summed E-state index contributed by atoms with van der Waals surface area (Å²) in [7, 11) is -3.34. The van der Waals surface area contributed by atoms with Gasteiger partial charge in [-0.15, -0.1) is 0 Å². The molecule has 0 radical (unpaired) electrons. The highest BCUT2D eigenvalue weighted by molar-refractivity contribution is 9.08. The van der Waals surface area contributed by atoms with Gasteiger partial charge in [-0.2, -0.15) is 11.8 Å². The van der Waals surface area contributed by atoms with Gasteiger partial charge >= 0.3 is 0 Å². The molecule has 6 heteroatoms. The van der Waals surface area contributed by atoms with E-state index in [9.17, 15) is 8.42 Å². The maximum Gasteiger partial charge on any atom is 0.240 e. The van der Waals surface area contributed by atoms with Crippen molar-refractivity contribution in [3.63, 3.8) is 0 Å². The summed E-state index contributed by atoms with van der Waals surface area (Å²) in [6.07, 6.45) is 1.94. The summed E-state index contributed by atoms with van der Waals surface area (Å²) in [6.45, 7) is 0.462. The van der Waals surface area contributed by atoms with E-state index in [-0.39, 0.29) is 0 Å². The largest absolute Gasteiger partial charge is 0.240 e. The summed E-state index contributed by atoms with van der Waals surface area (Å²) >= 11 is 4.93. The van der Waals surface area contributed by atoms with Gasteiger partial charge in [0.25, 0.3) is 0 Å². The minimum absolute atomic E-state index is 0.318. The molecule has 0 saturated heterocycles. The fourth-order valence-electron chi connectivity index (χ4n) is 1.12. The lowest BCUT2D eigenvalue weighted by molar-refractivity contribution is 0.584. The van der Waals surface area contributed by atoms with Crippen LogP contribution in [0.2, 0.25) is 0 Å². The molecule has 1 aromatic rings. The summed E-state index contributed by atoms with van der Waals surface area (Å²) in [4.78, 5) is 0.318. The van der Waals surface area contributed by atoms with Crippen molar-refractivity contribution in [2.45, 2.75) is 10.2 Å². The maximum atomic E-state index is 11.8. The van der Waals surface area contributed by atoms with Gasteiger partial charge in [-0.25, -0.2) is 13.1 Å². The average Bonchev–Trinajstić information content (AvgIpc) is 2.29. The minimum Gasteiger partial charge on any atom is -0.210 e. The number of halogens is 1. The molecule has 0 amide bonds. The first-order valence-corrected chi connectivity index (χ1v) is 8.73. The van der Waals surface area contributed by atoms with Gasteiger partial charge in [0.1, 0.15) is 0 Å². The predicted octanol–water partition coefficient (Wildman–Crippen LogP) is 2.22. The number of benzene rings is 1. The number of sulfonamides is 1. The SMILES string of the molecule is CSCCNS(=O)(=O)c1ccc(CBr)cc1. The Bertz CT molecular complexity index is 417. The molecule has 0 aliphatic rings. The summed E-state index contributed by atoms with van der Waals surface area (Å²) in [5, 5.41) is 0.729. The minimum atomic E-state index is -3.34. The number of hydrogen-bond acceptors (Lipinski definition) is 3. The molecule has 0 heterocycles. The summed E-state index contributed by atoms with van der Waals surface area (Å²) in [5.41, 5.74) is 1.06. The van der Waals surface area contributed by atoms with E-state index in [1.807, 2.05) is 6.26 Å². The van der Waals surface area contributed by atoms with Crippen molar-refractivity contribution in [3.8, 4) is 0 Å². The molecule has 3 nitrogen and oxygen atoms in total. The number of rotatable bonds is 6. The van der Waals surface area contributed by atoms with Crippen molar-refractivity contribution in [2.24, 2.45) is 0 Å². The van der Waals surface area contributed by atoms with Crippen molar-refractivity contribution in [2.75, 3.05) is 18.6 Å². The zero-order chi connectivity index (χ0) is 12.0. The molecule has 1 rings (SSSR count). The third-order valence-electron chi connectivity index (χ3n) is 1.99. The lowest BCUT2D eigenvalue weighted by Crippen LogP contribution is -2.25.